The zero-order chi connectivity index (χ0) is 14.5. The molecule has 1 heterocycles. The lowest BCUT2D eigenvalue weighted by Gasteiger charge is -2.12. The van der Waals surface area contributed by atoms with Crippen LogP contribution in [-0.2, 0) is 0 Å². The van der Waals surface area contributed by atoms with E-state index >= 15 is 0 Å². The van der Waals surface area contributed by atoms with Gasteiger partial charge in [-0.25, -0.2) is 0 Å². The standard InChI is InChI=1S/C13H15Cl2N5/c1-3-8(2)17-13-19-12(7-16-20-13)18-11-5-4-9(14)6-10(11)15/h4-8H,3H2,1-2H3,(H2,17,18,19,20). The van der Waals surface area contributed by atoms with E-state index in [1.54, 1.807) is 18.2 Å². The zero-order valence-corrected chi connectivity index (χ0v) is 12.7. The third-order valence-corrected chi connectivity index (χ3v) is 3.29. The number of anilines is 3. The van der Waals surface area contributed by atoms with E-state index in [1.807, 2.05) is 0 Å². The Labute approximate surface area is 127 Å². The van der Waals surface area contributed by atoms with Crippen molar-refractivity contribution >= 4 is 40.7 Å². The largest absolute Gasteiger partial charge is 0.350 e. The first kappa shape index (κ1) is 14.8. The summed E-state index contributed by atoms with van der Waals surface area (Å²) < 4.78 is 0. The maximum atomic E-state index is 6.10. The molecule has 0 amide bonds. The monoisotopic (exact) mass is 311 g/mol. The van der Waals surface area contributed by atoms with Crippen LogP contribution in [0.4, 0.5) is 17.5 Å². The van der Waals surface area contributed by atoms with Gasteiger partial charge in [-0.2, -0.15) is 10.1 Å². The summed E-state index contributed by atoms with van der Waals surface area (Å²) in [6.07, 6.45) is 2.51. The lowest BCUT2D eigenvalue weighted by Crippen LogP contribution is -2.16. The van der Waals surface area contributed by atoms with Crippen molar-refractivity contribution in [2.24, 2.45) is 0 Å². The van der Waals surface area contributed by atoms with E-state index in [2.05, 4.69) is 39.7 Å². The normalized spacial score (nSPS) is 12.0. The molecule has 0 aliphatic heterocycles. The number of hydrogen-bond donors (Lipinski definition) is 2. The third-order valence-electron chi connectivity index (χ3n) is 2.74. The SMILES string of the molecule is CCC(C)Nc1nncc(Nc2ccc(Cl)cc2Cl)n1. The smallest absolute Gasteiger partial charge is 0.244 e. The number of hydrogen-bond acceptors (Lipinski definition) is 5. The van der Waals surface area contributed by atoms with Gasteiger partial charge in [0.05, 0.1) is 16.9 Å². The Morgan fingerprint density at radius 2 is 2.10 bits per heavy atom. The summed E-state index contributed by atoms with van der Waals surface area (Å²) in [7, 11) is 0. The predicted octanol–water partition coefficient (Wildman–Crippen LogP) is 4.13. The van der Waals surface area contributed by atoms with E-state index in [9.17, 15) is 0 Å². The van der Waals surface area contributed by atoms with Crippen LogP contribution in [0.15, 0.2) is 24.4 Å². The molecule has 1 unspecified atom stereocenters. The summed E-state index contributed by atoms with van der Waals surface area (Å²) >= 11 is 12.0. The summed E-state index contributed by atoms with van der Waals surface area (Å²) in [5.74, 6) is 1.05. The van der Waals surface area contributed by atoms with Crippen molar-refractivity contribution in [3.63, 3.8) is 0 Å². The van der Waals surface area contributed by atoms with E-state index in [-0.39, 0.29) is 6.04 Å². The van der Waals surface area contributed by atoms with Crippen molar-refractivity contribution in [1.29, 1.82) is 0 Å². The molecule has 0 saturated heterocycles. The molecular weight excluding hydrogens is 297 g/mol. The number of rotatable bonds is 5. The fourth-order valence-electron chi connectivity index (χ4n) is 1.48. The molecule has 1 aromatic heterocycles. The van der Waals surface area contributed by atoms with Gasteiger partial charge in [-0.05, 0) is 31.5 Å². The molecule has 2 N–H and O–H groups in total. The number of halogens is 2. The van der Waals surface area contributed by atoms with Crippen molar-refractivity contribution in [2.75, 3.05) is 10.6 Å². The van der Waals surface area contributed by atoms with Crippen LogP contribution >= 0.6 is 23.2 Å². The van der Waals surface area contributed by atoms with Crippen LogP contribution < -0.4 is 10.6 Å². The first-order valence-corrected chi connectivity index (χ1v) is 7.02. The van der Waals surface area contributed by atoms with Gasteiger partial charge >= 0.3 is 0 Å². The van der Waals surface area contributed by atoms with Gasteiger partial charge in [-0.1, -0.05) is 30.1 Å². The maximum Gasteiger partial charge on any atom is 0.244 e. The Balaban J connectivity index is 2.15. The van der Waals surface area contributed by atoms with Crippen LogP contribution in [0.3, 0.4) is 0 Å². The van der Waals surface area contributed by atoms with E-state index in [4.69, 9.17) is 23.2 Å². The van der Waals surface area contributed by atoms with Crippen LogP contribution in [0.1, 0.15) is 20.3 Å². The molecule has 0 fully saturated rings. The van der Waals surface area contributed by atoms with Gasteiger partial charge < -0.3 is 10.6 Å². The van der Waals surface area contributed by atoms with E-state index in [0.717, 1.165) is 6.42 Å². The van der Waals surface area contributed by atoms with Gasteiger partial charge in [0.2, 0.25) is 5.95 Å². The topological polar surface area (TPSA) is 62.7 Å². The van der Waals surface area contributed by atoms with Crippen LogP contribution in [-0.4, -0.2) is 21.2 Å². The van der Waals surface area contributed by atoms with Gasteiger partial charge in [-0.15, -0.1) is 5.10 Å². The lowest BCUT2D eigenvalue weighted by molar-refractivity contribution is 0.746. The molecule has 106 valence electrons. The molecule has 1 aromatic carbocycles. The minimum absolute atomic E-state index is 0.283. The zero-order valence-electron chi connectivity index (χ0n) is 11.2. The highest BCUT2D eigenvalue weighted by atomic mass is 35.5. The highest BCUT2D eigenvalue weighted by Crippen LogP contribution is 2.27. The fraction of sp³-hybridized carbons (Fsp3) is 0.308. The minimum atomic E-state index is 0.283. The summed E-state index contributed by atoms with van der Waals surface area (Å²) in [5, 5.41) is 15.2. The Bertz CT molecular complexity index is 591. The van der Waals surface area contributed by atoms with Gasteiger partial charge in [0.15, 0.2) is 5.82 Å². The molecule has 0 aliphatic carbocycles. The Kier molecular flexibility index (Phi) is 4.98. The second-order valence-electron chi connectivity index (χ2n) is 4.37. The Morgan fingerprint density at radius 1 is 1.30 bits per heavy atom. The molecule has 5 nitrogen and oxygen atoms in total. The minimum Gasteiger partial charge on any atom is -0.350 e. The molecule has 2 aromatic rings. The van der Waals surface area contributed by atoms with Gasteiger partial charge in [0.25, 0.3) is 0 Å². The molecule has 0 spiro atoms. The lowest BCUT2D eigenvalue weighted by atomic mass is 10.3. The summed E-state index contributed by atoms with van der Waals surface area (Å²) in [6, 6.07) is 5.49. The number of benzene rings is 1. The number of aromatic nitrogens is 3. The highest BCUT2D eigenvalue weighted by Gasteiger charge is 2.06. The van der Waals surface area contributed by atoms with E-state index < -0.39 is 0 Å². The van der Waals surface area contributed by atoms with E-state index in [1.165, 1.54) is 6.20 Å². The molecule has 20 heavy (non-hydrogen) atoms. The second kappa shape index (κ2) is 6.72. The van der Waals surface area contributed by atoms with Gasteiger partial charge in [0.1, 0.15) is 0 Å². The average Bonchev–Trinajstić information content (AvgIpc) is 2.42. The van der Waals surface area contributed by atoms with Crippen molar-refractivity contribution in [3.8, 4) is 0 Å². The third kappa shape index (κ3) is 3.95. The summed E-state index contributed by atoms with van der Waals surface area (Å²) in [5.41, 5.74) is 0.714. The summed E-state index contributed by atoms with van der Waals surface area (Å²) in [6.45, 7) is 4.14. The molecule has 0 saturated carbocycles. The van der Waals surface area contributed by atoms with Crippen LogP contribution in [0, 0.1) is 0 Å². The van der Waals surface area contributed by atoms with E-state index in [0.29, 0.717) is 27.5 Å². The van der Waals surface area contributed by atoms with Crippen LogP contribution in [0.2, 0.25) is 10.0 Å². The molecule has 0 bridgehead atoms. The first-order valence-electron chi connectivity index (χ1n) is 6.27. The first-order chi connectivity index (χ1) is 9.58. The van der Waals surface area contributed by atoms with Crippen molar-refractivity contribution in [1.82, 2.24) is 15.2 Å². The van der Waals surface area contributed by atoms with Crippen molar-refractivity contribution < 1.29 is 0 Å². The fourth-order valence-corrected chi connectivity index (χ4v) is 1.93. The molecule has 7 heteroatoms. The van der Waals surface area contributed by atoms with Crippen molar-refractivity contribution in [3.05, 3.63) is 34.4 Å². The number of nitrogens with zero attached hydrogens (tertiary/aromatic N) is 3. The maximum absolute atomic E-state index is 6.10. The molecular formula is C13H15Cl2N5. The molecule has 2 rings (SSSR count). The average molecular weight is 312 g/mol. The Morgan fingerprint density at radius 3 is 2.80 bits per heavy atom. The highest BCUT2D eigenvalue weighted by molar-refractivity contribution is 6.36. The molecule has 1 atom stereocenters. The van der Waals surface area contributed by atoms with Crippen LogP contribution in [0.5, 0.6) is 0 Å². The summed E-state index contributed by atoms with van der Waals surface area (Å²) in [4.78, 5) is 4.33. The molecule has 0 radical (unpaired) electrons. The quantitative estimate of drug-likeness (QED) is 0.869. The van der Waals surface area contributed by atoms with Crippen molar-refractivity contribution in [2.45, 2.75) is 26.3 Å². The second-order valence-corrected chi connectivity index (χ2v) is 5.21. The van der Waals surface area contributed by atoms with Gasteiger partial charge in [0, 0.05) is 11.1 Å². The predicted molar refractivity (Wildman–Crippen MR) is 82.9 cm³/mol. The Hall–Kier alpha value is -1.59. The molecule has 0 aliphatic rings. The van der Waals surface area contributed by atoms with Gasteiger partial charge in [-0.3, -0.25) is 0 Å². The van der Waals surface area contributed by atoms with Crippen LogP contribution in [0.25, 0.3) is 0 Å². The number of nitrogens with one attached hydrogen (secondary N) is 2.